The molecule has 2 aromatic rings. The lowest BCUT2D eigenvalue weighted by Gasteiger charge is -2.12. The summed E-state index contributed by atoms with van der Waals surface area (Å²) in [6, 6.07) is 15.1. The first-order valence-electron chi connectivity index (χ1n) is 7.63. The van der Waals surface area contributed by atoms with Crippen LogP contribution in [0.3, 0.4) is 0 Å². The molecule has 0 aliphatic rings. The molecular weight excluding hydrogens is 433 g/mol. The molecule has 1 unspecified atom stereocenters. The minimum Gasteiger partial charge on any atom is -0.493 e. The molecule has 6 nitrogen and oxygen atoms in total. The highest BCUT2D eigenvalue weighted by Crippen LogP contribution is 2.29. The van der Waals surface area contributed by atoms with Gasteiger partial charge in [-0.3, -0.25) is 4.99 Å². The Morgan fingerprint density at radius 3 is 2.44 bits per heavy atom. The van der Waals surface area contributed by atoms with Crippen molar-refractivity contribution in [3.05, 3.63) is 54.1 Å². The van der Waals surface area contributed by atoms with Crippen molar-refractivity contribution in [3.63, 3.8) is 0 Å². The average Bonchev–Trinajstić information content (AvgIpc) is 2.60. The number of benzene rings is 2. The lowest BCUT2D eigenvalue weighted by molar-refractivity contribution is 0.184. The van der Waals surface area contributed by atoms with Gasteiger partial charge in [-0.25, -0.2) is 0 Å². The zero-order valence-corrected chi connectivity index (χ0v) is 16.6. The molecule has 0 aliphatic carbocycles. The topological polar surface area (TPSA) is 89.1 Å². The molecule has 0 amide bonds. The third-order valence-corrected chi connectivity index (χ3v) is 3.44. The van der Waals surface area contributed by atoms with Gasteiger partial charge in [-0.05, 0) is 17.7 Å². The van der Waals surface area contributed by atoms with Gasteiger partial charge in [-0.1, -0.05) is 30.3 Å². The Kier molecular flexibility index (Phi) is 9.07. The quantitative estimate of drug-likeness (QED) is 0.338. The van der Waals surface area contributed by atoms with E-state index in [-0.39, 0.29) is 36.5 Å². The highest BCUT2D eigenvalue weighted by atomic mass is 127. The van der Waals surface area contributed by atoms with Gasteiger partial charge in [0.05, 0.1) is 26.9 Å². The van der Waals surface area contributed by atoms with Crippen LogP contribution < -0.4 is 20.5 Å². The van der Waals surface area contributed by atoms with Gasteiger partial charge in [0, 0.05) is 18.2 Å². The van der Waals surface area contributed by atoms with E-state index in [1.54, 1.807) is 26.4 Å². The predicted octanol–water partition coefficient (Wildman–Crippen LogP) is 2.65. The molecule has 0 heterocycles. The van der Waals surface area contributed by atoms with Gasteiger partial charge >= 0.3 is 0 Å². The zero-order chi connectivity index (χ0) is 17.4. The SMILES string of the molecule is COc1ccc(NC(N)=NCC(O)Cc2ccccc2)cc1OC.I. The number of aliphatic imine (C=N–C) groups is 1. The van der Waals surface area contributed by atoms with Crippen molar-refractivity contribution in [2.24, 2.45) is 10.7 Å². The molecule has 25 heavy (non-hydrogen) atoms. The number of nitrogens with two attached hydrogens (primary N) is 1. The third-order valence-electron chi connectivity index (χ3n) is 3.44. The van der Waals surface area contributed by atoms with Crippen LogP contribution in [0.25, 0.3) is 0 Å². The van der Waals surface area contributed by atoms with Crippen LogP contribution in [-0.4, -0.2) is 37.9 Å². The standard InChI is InChI=1S/C18H23N3O3.HI/c1-23-16-9-8-14(11-17(16)24-2)21-18(19)20-12-15(22)10-13-6-4-3-5-7-13;/h3-9,11,15,22H,10,12H2,1-2H3,(H3,19,20,21);1H. The van der Waals surface area contributed by atoms with E-state index in [1.165, 1.54) is 0 Å². The van der Waals surface area contributed by atoms with Gasteiger partial charge < -0.3 is 25.6 Å². The van der Waals surface area contributed by atoms with Crippen LogP contribution in [0.15, 0.2) is 53.5 Å². The van der Waals surface area contributed by atoms with Gasteiger partial charge in [0.2, 0.25) is 0 Å². The van der Waals surface area contributed by atoms with E-state index in [4.69, 9.17) is 15.2 Å². The molecule has 0 bridgehead atoms. The van der Waals surface area contributed by atoms with Gasteiger partial charge in [-0.15, -0.1) is 24.0 Å². The van der Waals surface area contributed by atoms with Crippen LogP contribution in [0.5, 0.6) is 11.5 Å². The summed E-state index contributed by atoms with van der Waals surface area (Å²) >= 11 is 0. The largest absolute Gasteiger partial charge is 0.493 e. The zero-order valence-electron chi connectivity index (χ0n) is 14.3. The lowest BCUT2D eigenvalue weighted by atomic mass is 10.1. The normalized spacial score (nSPS) is 12.0. The molecule has 0 saturated carbocycles. The third kappa shape index (κ3) is 6.79. The van der Waals surface area contributed by atoms with E-state index in [1.807, 2.05) is 36.4 Å². The Bertz CT molecular complexity index is 681. The molecule has 1 atom stereocenters. The number of anilines is 1. The second kappa shape index (κ2) is 10.8. The first-order valence-corrected chi connectivity index (χ1v) is 7.63. The molecule has 2 aromatic carbocycles. The molecule has 136 valence electrons. The Morgan fingerprint density at radius 1 is 1.12 bits per heavy atom. The number of aliphatic hydroxyl groups excluding tert-OH is 1. The van der Waals surface area contributed by atoms with E-state index in [2.05, 4.69) is 10.3 Å². The summed E-state index contributed by atoms with van der Waals surface area (Å²) in [4.78, 5) is 4.17. The number of nitrogens with zero attached hydrogens (tertiary/aromatic N) is 1. The molecule has 0 saturated heterocycles. The monoisotopic (exact) mass is 457 g/mol. The fourth-order valence-electron chi connectivity index (χ4n) is 2.26. The number of hydrogen-bond acceptors (Lipinski definition) is 4. The first-order chi connectivity index (χ1) is 11.6. The summed E-state index contributed by atoms with van der Waals surface area (Å²) in [5.41, 5.74) is 7.66. The van der Waals surface area contributed by atoms with Crippen molar-refractivity contribution in [1.82, 2.24) is 0 Å². The fraction of sp³-hybridized carbons (Fsp3) is 0.278. The number of halogens is 1. The number of aliphatic hydroxyl groups is 1. The molecule has 0 aliphatic heterocycles. The maximum atomic E-state index is 10.0. The van der Waals surface area contributed by atoms with Gasteiger partial charge in [0.15, 0.2) is 17.5 Å². The fourth-order valence-corrected chi connectivity index (χ4v) is 2.26. The molecule has 0 spiro atoms. The van der Waals surface area contributed by atoms with Crippen molar-refractivity contribution >= 4 is 35.6 Å². The van der Waals surface area contributed by atoms with Crippen LogP contribution in [0.4, 0.5) is 5.69 Å². The average molecular weight is 457 g/mol. The summed E-state index contributed by atoms with van der Waals surface area (Å²) in [5.74, 6) is 1.46. The minimum atomic E-state index is -0.585. The summed E-state index contributed by atoms with van der Waals surface area (Å²) < 4.78 is 10.4. The highest BCUT2D eigenvalue weighted by Gasteiger charge is 2.07. The molecule has 4 N–H and O–H groups in total. The summed E-state index contributed by atoms with van der Waals surface area (Å²) in [7, 11) is 3.15. The number of hydrogen-bond donors (Lipinski definition) is 3. The molecule has 0 radical (unpaired) electrons. The minimum absolute atomic E-state index is 0. The highest BCUT2D eigenvalue weighted by molar-refractivity contribution is 14.0. The van der Waals surface area contributed by atoms with Crippen LogP contribution in [-0.2, 0) is 6.42 Å². The second-order valence-electron chi connectivity index (χ2n) is 5.26. The van der Waals surface area contributed by atoms with Gasteiger partial charge in [-0.2, -0.15) is 0 Å². The Hall–Kier alpha value is -2.00. The predicted molar refractivity (Wildman–Crippen MR) is 111 cm³/mol. The number of guanidine groups is 1. The number of methoxy groups -OCH3 is 2. The molecule has 0 aromatic heterocycles. The van der Waals surface area contributed by atoms with E-state index in [9.17, 15) is 5.11 Å². The number of nitrogens with one attached hydrogen (secondary N) is 1. The van der Waals surface area contributed by atoms with Crippen LogP contribution in [0.1, 0.15) is 5.56 Å². The van der Waals surface area contributed by atoms with E-state index >= 15 is 0 Å². The van der Waals surface area contributed by atoms with E-state index in [0.717, 1.165) is 11.3 Å². The van der Waals surface area contributed by atoms with Crippen LogP contribution in [0, 0.1) is 0 Å². The lowest BCUT2D eigenvalue weighted by Crippen LogP contribution is -2.25. The Morgan fingerprint density at radius 2 is 1.80 bits per heavy atom. The van der Waals surface area contributed by atoms with E-state index in [0.29, 0.717) is 17.9 Å². The maximum absolute atomic E-state index is 10.0. The Labute approximate surface area is 165 Å². The van der Waals surface area contributed by atoms with Crippen molar-refractivity contribution in [1.29, 1.82) is 0 Å². The van der Waals surface area contributed by atoms with Crippen molar-refractivity contribution < 1.29 is 14.6 Å². The summed E-state index contributed by atoms with van der Waals surface area (Å²) in [5, 5.41) is 13.0. The number of ether oxygens (including phenoxy) is 2. The van der Waals surface area contributed by atoms with Crippen LogP contribution >= 0.6 is 24.0 Å². The molecular formula is C18H24IN3O3. The Balaban J connectivity index is 0.00000312. The van der Waals surface area contributed by atoms with E-state index < -0.39 is 6.10 Å². The smallest absolute Gasteiger partial charge is 0.193 e. The summed E-state index contributed by atoms with van der Waals surface area (Å²) in [6.07, 6.45) is -0.0493. The first kappa shape index (κ1) is 21.0. The van der Waals surface area contributed by atoms with Crippen molar-refractivity contribution in [2.75, 3.05) is 26.1 Å². The second-order valence-corrected chi connectivity index (χ2v) is 5.26. The number of rotatable bonds is 7. The van der Waals surface area contributed by atoms with Crippen LogP contribution in [0.2, 0.25) is 0 Å². The van der Waals surface area contributed by atoms with Gasteiger partial charge in [0.25, 0.3) is 0 Å². The van der Waals surface area contributed by atoms with Crippen molar-refractivity contribution in [2.45, 2.75) is 12.5 Å². The maximum Gasteiger partial charge on any atom is 0.193 e. The molecule has 7 heteroatoms. The molecule has 2 rings (SSSR count). The molecule has 0 fully saturated rings. The van der Waals surface area contributed by atoms with Crippen molar-refractivity contribution in [3.8, 4) is 11.5 Å². The summed E-state index contributed by atoms with van der Waals surface area (Å²) in [6.45, 7) is 0.223. The van der Waals surface area contributed by atoms with Gasteiger partial charge in [0.1, 0.15) is 0 Å².